The number of benzene rings is 2. The maximum atomic E-state index is 10.4. The molecular weight excluding hydrogens is 320 g/mol. The second-order valence-electron chi connectivity index (χ2n) is 6.39. The van der Waals surface area contributed by atoms with Crippen LogP contribution in [0.15, 0.2) is 60.7 Å². The Bertz CT molecular complexity index is 662. The molecule has 0 spiro atoms. The molecule has 5 atom stereocenters. The zero-order chi connectivity index (χ0) is 17.1. The van der Waals surface area contributed by atoms with Crippen LogP contribution in [-0.4, -0.2) is 36.3 Å². The first-order chi connectivity index (χ1) is 12.3. The van der Waals surface area contributed by atoms with E-state index in [0.29, 0.717) is 19.6 Å². The lowest BCUT2D eigenvalue weighted by molar-refractivity contribution is -0.338. The Labute approximate surface area is 147 Å². The molecule has 2 aromatic carbocycles. The van der Waals surface area contributed by atoms with E-state index in [-0.39, 0.29) is 12.2 Å². The fraction of sp³-hybridized carbons (Fsp3) is 0.400. The summed E-state index contributed by atoms with van der Waals surface area (Å²) < 4.78 is 23.4. The van der Waals surface area contributed by atoms with Gasteiger partial charge in [0.2, 0.25) is 0 Å². The van der Waals surface area contributed by atoms with Crippen LogP contribution in [0.2, 0.25) is 0 Å². The summed E-state index contributed by atoms with van der Waals surface area (Å²) in [5, 5.41) is 10.4. The van der Waals surface area contributed by atoms with Crippen molar-refractivity contribution in [2.45, 2.75) is 43.9 Å². The number of hydrogen-bond acceptors (Lipinski definition) is 5. The van der Waals surface area contributed by atoms with Crippen LogP contribution in [0, 0.1) is 0 Å². The quantitative estimate of drug-likeness (QED) is 0.926. The normalized spacial score (nSPS) is 32.1. The van der Waals surface area contributed by atoms with Gasteiger partial charge in [-0.25, -0.2) is 0 Å². The molecular formula is C20H22O5. The number of aliphatic hydroxyl groups is 1. The van der Waals surface area contributed by atoms with Gasteiger partial charge in [0.25, 0.3) is 0 Å². The predicted molar refractivity (Wildman–Crippen MR) is 90.5 cm³/mol. The highest BCUT2D eigenvalue weighted by Gasteiger charge is 2.43. The van der Waals surface area contributed by atoms with Gasteiger partial charge in [0.15, 0.2) is 12.6 Å². The Balaban J connectivity index is 1.35. The van der Waals surface area contributed by atoms with E-state index in [1.807, 2.05) is 60.7 Å². The topological polar surface area (TPSA) is 57.2 Å². The van der Waals surface area contributed by atoms with Crippen molar-refractivity contribution in [3.8, 4) is 0 Å². The van der Waals surface area contributed by atoms with Crippen molar-refractivity contribution in [1.82, 2.24) is 0 Å². The molecule has 2 heterocycles. The molecule has 2 aromatic rings. The monoisotopic (exact) mass is 342 g/mol. The summed E-state index contributed by atoms with van der Waals surface area (Å²) in [5.41, 5.74) is 2.01. The minimum absolute atomic E-state index is 0.203. The summed E-state index contributed by atoms with van der Waals surface area (Å²) in [5.74, 6) is 0. The molecule has 132 valence electrons. The van der Waals surface area contributed by atoms with E-state index >= 15 is 0 Å². The van der Waals surface area contributed by atoms with Gasteiger partial charge >= 0.3 is 0 Å². The molecule has 0 radical (unpaired) electrons. The highest BCUT2D eigenvalue weighted by molar-refractivity contribution is 5.16. The lowest BCUT2D eigenvalue weighted by atomic mass is 10.0. The molecule has 2 aliphatic heterocycles. The van der Waals surface area contributed by atoms with Crippen LogP contribution in [0.5, 0.6) is 0 Å². The summed E-state index contributed by atoms with van der Waals surface area (Å²) in [6, 6.07) is 19.6. The fourth-order valence-corrected chi connectivity index (χ4v) is 3.21. The number of hydrogen-bond donors (Lipinski definition) is 1. The molecule has 0 amide bonds. The summed E-state index contributed by atoms with van der Waals surface area (Å²) in [4.78, 5) is 0. The van der Waals surface area contributed by atoms with Crippen molar-refractivity contribution in [3.05, 3.63) is 71.8 Å². The molecule has 2 fully saturated rings. The van der Waals surface area contributed by atoms with E-state index in [4.69, 9.17) is 18.9 Å². The van der Waals surface area contributed by atoms with Crippen LogP contribution < -0.4 is 0 Å². The zero-order valence-electron chi connectivity index (χ0n) is 13.9. The summed E-state index contributed by atoms with van der Waals surface area (Å²) >= 11 is 0. The molecule has 0 bridgehead atoms. The number of rotatable bonds is 4. The first kappa shape index (κ1) is 16.7. The van der Waals surface area contributed by atoms with Crippen LogP contribution in [0.3, 0.4) is 0 Å². The van der Waals surface area contributed by atoms with Crippen LogP contribution in [0.25, 0.3) is 0 Å². The number of ether oxygens (including phenoxy) is 4. The second kappa shape index (κ2) is 7.64. The van der Waals surface area contributed by atoms with Crippen molar-refractivity contribution in [3.63, 3.8) is 0 Å². The Morgan fingerprint density at radius 2 is 1.64 bits per heavy atom. The van der Waals surface area contributed by atoms with Crippen molar-refractivity contribution < 1.29 is 24.1 Å². The van der Waals surface area contributed by atoms with Crippen molar-refractivity contribution >= 4 is 0 Å². The molecule has 25 heavy (non-hydrogen) atoms. The molecule has 5 heteroatoms. The smallest absolute Gasteiger partial charge is 0.184 e. The Morgan fingerprint density at radius 1 is 0.920 bits per heavy atom. The van der Waals surface area contributed by atoms with E-state index in [1.54, 1.807) is 0 Å². The third kappa shape index (κ3) is 3.92. The van der Waals surface area contributed by atoms with Gasteiger partial charge in [-0.3, -0.25) is 0 Å². The first-order valence-electron chi connectivity index (χ1n) is 8.60. The van der Waals surface area contributed by atoms with Crippen LogP contribution >= 0.6 is 0 Å². The van der Waals surface area contributed by atoms with Crippen LogP contribution in [-0.2, 0) is 25.6 Å². The largest absolute Gasteiger partial charge is 0.388 e. The van der Waals surface area contributed by atoms with Gasteiger partial charge in [-0.2, -0.15) is 0 Å². The van der Waals surface area contributed by atoms with Gasteiger partial charge in [0.05, 0.1) is 19.3 Å². The third-order valence-electron chi connectivity index (χ3n) is 4.55. The van der Waals surface area contributed by atoms with E-state index in [2.05, 4.69) is 0 Å². The minimum atomic E-state index is -0.723. The van der Waals surface area contributed by atoms with Gasteiger partial charge in [0.1, 0.15) is 12.2 Å². The van der Waals surface area contributed by atoms with E-state index in [9.17, 15) is 5.11 Å². The van der Waals surface area contributed by atoms with Gasteiger partial charge in [0, 0.05) is 12.0 Å². The lowest BCUT2D eigenvalue weighted by Crippen LogP contribution is -2.53. The van der Waals surface area contributed by atoms with E-state index in [1.165, 1.54) is 0 Å². The van der Waals surface area contributed by atoms with Crippen LogP contribution in [0.1, 0.15) is 23.8 Å². The summed E-state index contributed by atoms with van der Waals surface area (Å²) in [7, 11) is 0. The molecule has 0 unspecified atom stereocenters. The van der Waals surface area contributed by atoms with Gasteiger partial charge in [-0.05, 0) is 5.56 Å². The van der Waals surface area contributed by atoms with Crippen molar-refractivity contribution in [2.24, 2.45) is 0 Å². The lowest BCUT2D eigenvalue weighted by Gasteiger charge is -2.43. The summed E-state index contributed by atoms with van der Waals surface area (Å²) in [6.45, 7) is 0.816. The molecule has 2 saturated heterocycles. The zero-order valence-corrected chi connectivity index (χ0v) is 13.9. The maximum absolute atomic E-state index is 10.4. The van der Waals surface area contributed by atoms with Gasteiger partial charge < -0.3 is 24.1 Å². The first-order valence-corrected chi connectivity index (χ1v) is 8.60. The summed E-state index contributed by atoms with van der Waals surface area (Å²) in [6.07, 6.45) is -1.77. The average Bonchev–Trinajstić information content (AvgIpc) is 2.67. The Kier molecular flexibility index (Phi) is 5.10. The third-order valence-corrected chi connectivity index (χ3v) is 4.55. The number of fused-ring (bicyclic) bond motifs is 1. The van der Waals surface area contributed by atoms with Gasteiger partial charge in [-0.1, -0.05) is 60.7 Å². The molecule has 1 N–H and O–H groups in total. The molecule has 0 saturated carbocycles. The highest BCUT2D eigenvalue weighted by Crippen LogP contribution is 2.34. The maximum Gasteiger partial charge on any atom is 0.184 e. The van der Waals surface area contributed by atoms with Crippen LogP contribution in [0.4, 0.5) is 0 Å². The van der Waals surface area contributed by atoms with Crippen molar-refractivity contribution in [1.29, 1.82) is 0 Å². The molecule has 5 nitrogen and oxygen atoms in total. The number of aliphatic hydroxyl groups excluding tert-OH is 1. The predicted octanol–water partition coefficient (Wildman–Crippen LogP) is 2.79. The molecule has 0 aromatic heterocycles. The Morgan fingerprint density at radius 3 is 2.40 bits per heavy atom. The van der Waals surface area contributed by atoms with E-state index < -0.39 is 18.7 Å². The van der Waals surface area contributed by atoms with E-state index in [0.717, 1.165) is 11.1 Å². The fourth-order valence-electron chi connectivity index (χ4n) is 3.21. The Hall–Kier alpha value is -1.76. The minimum Gasteiger partial charge on any atom is -0.388 e. The SMILES string of the molecule is O[C@H]1C[C@@H]2O[C@@H](c3ccccc3)OC[C@H]2O[C@@H]1OCc1ccccc1. The second-order valence-corrected chi connectivity index (χ2v) is 6.39. The average molecular weight is 342 g/mol. The molecule has 0 aliphatic carbocycles. The molecule has 2 aliphatic rings. The molecule has 4 rings (SSSR count). The van der Waals surface area contributed by atoms with Crippen molar-refractivity contribution in [2.75, 3.05) is 6.61 Å². The standard InChI is InChI=1S/C20H22O5/c21-16-11-17-18(13-23-19(24-17)15-9-5-2-6-10-15)25-20(16)22-12-14-7-3-1-4-8-14/h1-10,16-21H,11-13H2/t16-,17-,18+,19-,20-/m0/s1. The highest BCUT2D eigenvalue weighted by atomic mass is 16.7. The van der Waals surface area contributed by atoms with Gasteiger partial charge in [-0.15, -0.1) is 0 Å².